The minimum atomic E-state index is 0.375. The molecule has 282 valence electrons. The number of hydrogen-bond acceptors (Lipinski definition) is 1. The van der Waals surface area contributed by atoms with Crippen molar-refractivity contribution >= 4 is 72.0 Å². The van der Waals surface area contributed by atoms with Gasteiger partial charge in [-0.3, -0.25) is 0 Å². The van der Waals surface area contributed by atoms with Crippen molar-refractivity contribution in [3.63, 3.8) is 0 Å². The van der Waals surface area contributed by atoms with Gasteiger partial charge in [0.15, 0.2) is 28.4 Å². The number of benzene rings is 8. The topological polar surface area (TPSA) is 55.4 Å². The van der Waals surface area contributed by atoms with Crippen LogP contribution in [0.1, 0.15) is 5.56 Å². The maximum absolute atomic E-state index is 9.86. The Morgan fingerprint density at radius 2 is 0.871 bits per heavy atom. The second-order valence-corrected chi connectivity index (χ2v) is 14.8. The first-order valence-corrected chi connectivity index (χ1v) is 19.4. The Morgan fingerprint density at radius 1 is 0.371 bits per heavy atom. The third kappa shape index (κ3) is 5.87. The predicted octanol–water partition coefficient (Wildman–Crippen LogP) is 15.5. The molecule has 0 aliphatic heterocycles. The van der Waals surface area contributed by atoms with Gasteiger partial charge < -0.3 is 9.13 Å². The van der Waals surface area contributed by atoms with Crippen LogP contribution in [0.25, 0.3) is 113 Å². The van der Waals surface area contributed by atoms with E-state index in [0.717, 1.165) is 82.8 Å². The number of para-hydroxylation sites is 2. The van der Waals surface area contributed by atoms with Crippen LogP contribution < -0.4 is 0 Å². The standard InChI is InChI=1S/C54H26N8/c1-56-39-12-10-11-36(23-39)47-30-53(61-49-15-8-6-13-43(49)45-19-17-34(27-51(45)61)37-21-33(32-55)22-40(24-37)57-2)54(31-48(47)60-5)62-50-16-9-7-14-44(50)46-20-18-35(28-52(46)62)38-25-41(58-3)29-42(26-38)59-4/h6-31H. The molecule has 62 heavy (non-hydrogen) atoms. The van der Waals surface area contributed by atoms with Crippen molar-refractivity contribution < 1.29 is 0 Å². The van der Waals surface area contributed by atoms with Crippen LogP contribution in [0, 0.1) is 44.2 Å². The molecule has 0 N–H and O–H groups in total. The zero-order valence-corrected chi connectivity index (χ0v) is 32.6. The number of nitrogens with zero attached hydrogens (tertiary/aromatic N) is 8. The highest BCUT2D eigenvalue weighted by Gasteiger charge is 2.23. The van der Waals surface area contributed by atoms with Crippen molar-refractivity contribution in [2.75, 3.05) is 0 Å². The van der Waals surface area contributed by atoms with Gasteiger partial charge in [0, 0.05) is 27.1 Å². The fourth-order valence-corrected chi connectivity index (χ4v) is 8.61. The summed E-state index contributed by atoms with van der Waals surface area (Å²) >= 11 is 0. The molecule has 0 spiro atoms. The largest absolute Gasteiger partial charge is 0.308 e. The second kappa shape index (κ2) is 14.6. The Hall–Kier alpha value is -9.70. The molecule has 0 aliphatic carbocycles. The smallest absolute Gasteiger partial charge is 0.197 e. The number of aromatic nitrogens is 2. The fourth-order valence-electron chi connectivity index (χ4n) is 8.61. The summed E-state index contributed by atoms with van der Waals surface area (Å²) in [6.45, 7) is 39.5. The van der Waals surface area contributed by atoms with Crippen LogP contribution in [-0.4, -0.2) is 9.13 Å². The van der Waals surface area contributed by atoms with Crippen molar-refractivity contribution in [1.82, 2.24) is 9.13 Å². The maximum Gasteiger partial charge on any atom is 0.197 e. The van der Waals surface area contributed by atoms with Crippen LogP contribution >= 0.6 is 0 Å². The van der Waals surface area contributed by atoms with Crippen molar-refractivity contribution in [3.8, 4) is 50.8 Å². The quantitative estimate of drug-likeness (QED) is 0.160. The lowest BCUT2D eigenvalue weighted by Gasteiger charge is -2.20. The van der Waals surface area contributed by atoms with Crippen LogP contribution in [0.15, 0.2) is 158 Å². The average molecular weight is 787 g/mol. The van der Waals surface area contributed by atoms with Crippen LogP contribution in [0.3, 0.4) is 0 Å². The highest BCUT2D eigenvalue weighted by atomic mass is 15.1. The van der Waals surface area contributed by atoms with E-state index in [1.807, 2.05) is 66.7 Å². The van der Waals surface area contributed by atoms with Crippen molar-refractivity contribution in [2.24, 2.45) is 0 Å². The van der Waals surface area contributed by atoms with E-state index in [4.69, 9.17) is 32.9 Å². The second-order valence-electron chi connectivity index (χ2n) is 14.8. The van der Waals surface area contributed by atoms with Gasteiger partial charge in [0.2, 0.25) is 0 Å². The summed E-state index contributed by atoms with van der Waals surface area (Å²) in [5.74, 6) is 0. The van der Waals surface area contributed by atoms with Crippen LogP contribution in [0.2, 0.25) is 0 Å². The van der Waals surface area contributed by atoms with E-state index in [-0.39, 0.29) is 0 Å². The molecule has 0 aliphatic rings. The molecule has 0 bridgehead atoms. The summed E-state index contributed by atoms with van der Waals surface area (Å²) < 4.78 is 4.41. The lowest BCUT2D eigenvalue weighted by atomic mass is 10.00. The summed E-state index contributed by atoms with van der Waals surface area (Å²) in [4.78, 5) is 18.8. The summed E-state index contributed by atoms with van der Waals surface area (Å²) in [7, 11) is 0. The first-order valence-electron chi connectivity index (χ1n) is 19.4. The summed E-state index contributed by atoms with van der Waals surface area (Å²) in [5, 5.41) is 13.9. The monoisotopic (exact) mass is 786 g/mol. The lowest BCUT2D eigenvalue weighted by Crippen LogP contribution is -2.04. The first kappa shape index (κ1) is 36.6. The van der Waals surface area contributed by atoms with Crippen LogP contribution in [-0.2, 0) is 0 Å². The van der Waals surface area contributed by atoms with Gasteiger partial charge in [-0.05, 0) is 94.0 Å². The van der Waals surface area contributed by atoms with E-state index < -0.39 is 0 Å². The molecule has 8 nitrogen and oxygen atoms in total. The van der Waals surface area contributed by atoms with E-state index in [9.17, 15) is 5.26 Å². The Kier molecular flexibility index (Phi) is 8.62. The zero-order chi connectivity index (χ0) is 42.5. The van der Waals surface area contributed by atoms with E-state index in [1.165, 1.54) is 0 Å². The van der Waals surface area contributed by atoms with E-state index in [2.05, 4.69) is 88.0 Å². The van der Waals surface area contributed by atoms with Crippen molar-refractivity contribution in [1.29, 1.82) is 5.26 Å². The van der Waals surface area contributed by atoms with Gasteiger partial charge >= 0.3 is 0 Å². The van der Waals surface area contributed by atoms with Crippen molar-refractivity contribution in [3.05, 3.63) is 220 Å². The van der Waals surface area contributed by atoms with Crippen LogP contribution in [0.5, 0.6) is 0 Å². The predicted molar refractivity (Wildman–Crippen MR) is 247 cm³/mol. The third-order valence-corrected chi connectivity index (χ3v) is 11.3. The molecule has 0 saturated carbocycles. The van der Waals surface area contributed by atoms with E-state index in [0.29, 0.717) is 39.6 Å². The van der Waals surface area contributed by atoms with Gasteiger partial charge in [0.25, 0.3) is 0 Å². The molecule has 0 amide bonds. The molecular weight excluding hydrogens is 761 g/mol. The minimum Gasteiger partial charge on any atom is -0.308 e. The lowest BCUT2D eigenvalue weighted by molar-refractivity contribution is 1.10. The summed E-state index contributed by atoms with van der Waals surface area (Å²) in [5.41, 5.74) is 12.0. The highest BCUT2D eigenvalue weighted by molar-refractivity contribution is 6.13. The molecular formula is C54H26N8. The Morgan fingerprint density at radius 3 is 1.42 bits per heavy atom. The SMILES string of the molecule is [C-]#[N+]c1cc(C#N)cc(-c2ccc3c4ccccc4n(-c4cc(-c5cccc([N+]#[C-])c5)c([N+]#[C-])cc4-n4c5ccccc5c5ccc(-c6cc([N+]#[C-])cc([N+]#[C-])c6)cc54)c3c2)c1. The van der Waals surface area contributed by atoms with Crippen molar-refractivity contribution in [2.45, 2.75) is 0 Å². The molecule has 10 rings (SSSR count). The molecule has 2 aromatic heterocycles. The van der Waals surface area contributed by atoms with Gasteiger partial charge in [-0.1, -0.05) is 97.1 Å². The van der Waals surface area contributed by atoms with Crippen LogP contribution in [0.4, 0.5) is 28.4 Å². The van der Waals surface area contributed by atoms with Gasteiger partial charge in [0.05, 0.1) is 72.4 Å². The van der Waals surface area contributed by atoms with E-state index >= 15 is 0 Å². The van der Waals surface area contributed by atoms with Gasteiger partial charge in [-0.25, -0.2) is 24.2 Å². The average Bonchev–Trinajstić information content (AvgIpc) is 3.85. The molecule has 2 heterocycles. The molecule has 0 fully saturated rings. The van der Waals surface area contributed by atoms with Gasteiger partial charge in [-0.15, -0.1) is 0 Å². The zero-order valence-electron chi connectivity index (χ0n) is 32.6. The Labute approximate surface area is 356 Å². The Bertz CT molecular complexity index is 3770. The molecule has 8 heteroatoms. The summed E-state index contributed by atoms with van der Waals surface area (Å²) in [6, 6.07) is 52.6. The molecule has 10 aromatic rings. The number of hydrogen-bond donors (Lipinski definition) is 0. The number of fused-ring (bicyclic) bond motifs is 6. The first-order chi connectivity index (χ1) is 30.4. The third-order valence-electron chi connectivity index (χ3n) is 11.3. The summed E-state index contributed by atoms with van der Waals surface area (Å²) in [6.07, 6.45) is 0. The molecule has 8 aromatic carbocycles. The minimum absolute atomic E-state index is 0.375. The molecule has 0 unspecified atom stereocenters. The normalized spacial score (nSPS) is 10.8. The maximum atomic E-state index is 9.86. The number of rotatable bonds is 5. The molecule has 0 saturated heterocycles. The highest BCUT2D eigenvalue weighted by Crippen LogP contribution is 2.45. The molecule has 0 radical (unpaired) electrons. The van der Waals surface area contributed by atoms with Gasteiger partial charge in [-0.2, -0.15) is 5.26 Å². The number of nitriles is 1. The van der Waals surface area contributed by atoms with Gasteiger partial charge in [0.1, 0.15) is 0 Å². The van der Waals surface area contributed by atoms with E-state index in [1.54, 1.807) is 42.5 Å². The molecule has 0 atom stereocenters. The Balaban J connectivity index is 1.35. The fraction of sp³-hybridized carbons (Fsp3) is 0.